The quantitative estimate of drug-likeness (QED) is 0.227. The molecule has 0 fully saturated rings. The molecule has 4 aromatic carbocycles. The lowest BCUT2D eigenvalue weighted by Crippen LogP contribution is -2.25. The van der Waals surface area contributed by atoms with Gasteiger partial charge in [0.05, 0.1) is 22.8 Å². The maximum atomic E-state index is 6.35. The number of ether oxygens (including phenoxy) is 2. The minimum atomic E-state index is 0.624. The fourth-order valence-corrected chi connectivity index (χ4v) is 5.41. The van der Waals surface area contributed by atoms with Crippen LogP contribution in [-0.2, 0) is 0 Å². The molecule has 196 valence electrons. The topological polar surface area (TPSA) is 50.7 Å². The van der Waals surface area contributed by atoms with Crippen LogP contribution in [0.2, 0.25) is 0 Å². The normalized spacial score (nSPS) is 14.7. The van der Waals surface area contributed by atoms with Crippen LogP contribution >= 0.6 is 0 Å². The molecule has 5 aromatic rings. The molecule has 6 nitrogen and oxygen atoms in total. The molecule has 8 rings (SSSR count). The lowest BCUT2D eigenvalue weighted by molar-refractivity contribution is 0.430. The molecule has 3 heterocycles. The first-order chi connectivity index (χ1) is 20.3. The third-order valence-electron chi connectivity index (χ3n) is 7.26. The van der Waals surface area contributed by atoms with Crippen molar-refractivity contribution in [2.45, 2.75) is 6.42 Å². The Morgan fingerprint density at radius 3 is 1.76 bits per heavy atom. The molecule has 0 atom stereocenters. The summed E-state index contributed by atoms with van der Waals surface area (Å²) in [7, 11) is 0. The second kappa shape index (κ2) is 9.54. The average molecular weight is 533 g/mol. The Morgan fingerprint density at radius 2 is 1.07 bits per heavy atom. The van der Waals surface area contributed by atoms with Crippen LogP contribution in [0.3, 0.4) is 0 Å². The lowest BCUT2D eigenvalue weighted by atomic mass is 10.1. The van der Waals surface area contributed by atoms with E-state index in [9.17, 15) is 0 Å². The summed E-state index contributed by atoms with van der Waals surface area (Å²) >= 11 is 0. The van der Waals surface area contributed by atoms with Gasteiger partial charge < -0.3 is 9.47 Å². The van der Waals surface area contributed by atoms with Gasteiger partial charge in [-0.05, 0) is 55.0 Å². The third-order valence-corrected chi connectivity index (χ3v) is 7.26. The number of anilines is 5. The summed E-state index contributed by atoms with van der Waals surface area (Å²) in [5.41, 5.74) is 4.59. The summed E-state index contributed by atoms with van der Waals surface area (Å²) in [6.07, 6.45) is 9.21. The first kappa shape index (κ1) is 23.3. The van der Waals surface area contributed by atoms with Crippen molar-refractivity contribution in [3.63, 3.8) is 0 Å². The van der Waals surface area contributed by atoms with Crippen molar-refractivity contribution in [2.24, 2.45) is 0 Å². The smallest absolute Gasteiger partial charge is 0.163 e. The van der Waals surface area contributed by atoms with Crippen molar-refractivity contribution in [1.29, 1.82) is 0 Å². The van der Waals surface area contributed by atoms with E-state index < -0.39 is 0 Å². The largest absolute Gasteiger partial charge is 0.453 e. The first-order valence-electron chi connectivity index (χ1n) is 13.6. The molecule has 0 saturated heterocycles. The van der Waals surface area contributed by atoms with Crippen molar-refractivity contribution < 1.29 is 9.47 Å². The van der Waals surface area contributed by atoms with E-state index in [1.54, 1.807) is 0 Å². The fourth-order valence-electron chi connectivity index (χ4n) is 5.41. The number of rotatable bonds is 3. The molecule has 41 heavy (non-hydrogen) atoms. The van der Waals surface area contributed by atoms with Crippen LogP contribution in [0.4, 0.5) is 28.7 Å². The van der Waals surface area contributed by atoms with Crippen LogP contribution in [0, 0.1) is 0 Å². The molecule has 0 saturated carbocycles. The average Bonchev–Trinajstić information content (AvgIpc) is 3.28. The van der Waals surface area contributed by atoms with E-state index in [0.29, 0.717) is 5.82 Å². The minimum Gasteiger partial charge on any atom is -0.453 e. The van der Waals surface area contributed by atoms with Gasteiger partial charge in [0.15, 0.2) is 28.8 Å². The molecular formula is C35H24N4O2. The highest BCUT2D eigenvalue weighted by Crippen LogP contribution is 2.51. The molecule has 1 aromatic heterocycles. The van der Waals surface area contributed by atoms with Gasteiger partial charge in [-0.25, -0.2) is 9.97 Å². The Balaban J connectivity index is 1.40. The summed E-state index contributed by atoms with van der Waals surface area (Å²) < 4.78 is 12.6. The van der Waals surface area contributed by atoms with E-state index in [4.69, 9.17) is 19.4 Å². The van der Waals surface area contributed by atoms with Crippen LogP contribution in [0.15, 0.2) is 145 Å². The molecule has 0 spiro atoms. The Bertz CT molecular complexity index is 1850. The van der Waals surface area contributed by atoms with Gasteiger partial charge >= 0.3 is 0 Å². The van der Waals surface area contributed by atoms with E-state index in [1.165, 1.54) is 0 Å². The van der Waals surface area contributed by atoms with Gasteiger partial charge in [0.2, 0.25) is 0 Å². The molecule has 0 bridgehead atoms. The predicted molar refractivity (Wildman–Crippen MR) is 161 cm³/mol. The molecule has 1 aliphatic carbocycles. The van der Waals surface area contributed by atoms with Gasteiger partial charge in [0.1, 0.15) is 11.6 Å². The van der Waals surface area contributed by atoms with Crippen LogP contribution in [-0.4, -0.2) is 9.97 Å². The molecule has 0 amide bonds. The summed E-state index contributed by atoms with van der Waals surface area (Å²) in [4.78, 5) is 14.6. The zero-order chi connectivity index (χ0) is 27.2. The van der Waals surface area contributed by atoms with Crippen LogP contribution in [0.1, 0.15) is 6.42 Å². The molecule has 6 heteroatoms. The Kier molecular flexibility index (Phi) is 5.42. The number of para-hydroxylation sites is 6. The first-order valence-corrected chi connectivity index (χ1v) is 13.6. The number of fused-ring (bicyclic) bond motifs is 3. The zero-order valence-corrected chi connectivity index (χ0v) is 22.0. The van der Waals surface area contributed by atoms with E-state index in [-0.39, 0.29) is 0 Å². The molecule has 3 aliphatic rings. The fraction of sp³-hybridized carbons (Fsp3) is 0.0286. The van der Waals surface area contributed by atoms with Crippen LogP contribution in [0.5, 0.6) is 17.2 Å². The van der Waals surface area contributed by atoms with Gasteiger partial charge in [-0.2, -0.15) is 0 Å². The Labute approximate surface area is 237 Å². The van der Waals surface area contributed by atoms with Crippen molar-refractivity contribution in [3.05, 3.63) is 145 Å². The van der Waals surface area contributed by atoms with Gasteiger partial charge in [-0.15, -0.1) is 0 Å². The SMILES string of the molecule is C1=CC2=C(C=CC1)N(c1cc(N3c4ccccc4Oc4ccccc43)nc(-c3ccccc3)n1)c1ccccc1O2. The number of aromatic nitrogens is 2. The highest BCUT2D eigenvalue weighted by atomic mass is 16.5. The van der Waals surface area contributed by atoms with E-state index in [2.05, 4.69) is 46.2 Å². The molecule has 0 unspecified atom stereocenters. The lowest BCUT2D eigenvalue weighted by Gasteiger charge is -2.34. The third kappa shape index (κ3) is 3.96. The maximum Gasteiger partial charge on any atom is 0.163 e. The van der Waals surface area contributed by atoms with E-state index in [1.807, 2.05) is 97.1 Å². The van der Waals surface area contributed by atoms with Crippen molar-refractivity contribution in [3.8, 4) is 28.6 Å². The minimum absolute atomic E-state index is 0.624. The van der Waals surface area contributed by atoms with E-state index >= 15 is 0 Å². The molecular weight excluding hydrogens is 508 g/mol. The maximum absolute atomic E-state index is 6.35. The van der Waals surface area contributed by atoms with Gasteiger partial charge in [0.25, 0.3) is 0 Å². The number of benzene rings is 4. The Hall–Kier alpha value is -5.62. The summed E-state index contributed by atoms with van der Waals surface area (Å²) in [6, 6.07) is 36.3. The summed E-state index contributed by atoms with van der Waals surface area (Å²) in [6.45, 7) is 0. The highest BCUT2D eigenvalue weighted by molar-refractivity contribution is 5.87. The molecule has 0 radical (unpaired) electrons. The molecule has 0 N–H and O–H groups in total. The second-order valence-corrected chi connectivity index (χ2v) is 9.84. The second-order valence-electron chi connectivity index (χ2n) is 9.84. The zero-order valence-electron chi connectivity index (χ0n) is 22.0. The number of hydrogen-bond donors (Lipinski definition) is 0. The predicted octanol–water partition coefficient (Wildman–Crippen LogP) is 8.98. The monoisotopic (exact) mass is 532 g/mol. The number of nitrogens with zero attached hydrogens (tertiary/aromatic N) is 4. The van der Waals surface area contributed by atoms with Crippen LogP contribution in [0.25, 0.3) is 11.4 Å². The number of hydrogen-bond acceptors (Lipinski definition) is 6. The summed E-state index contributed by atoms with van der Waals surface area (Å²) in [5.74, 6) is 5.18. The highest BCUT2D eigenvalue weighted by Gasteiger charge is 2.31. The van der Waals surface area contributed by atoms with Crippen LogP contribution < -0.4 is 19.3 Å². The summed E-state index contributed by atoms with van der Waals surface area (Å²) in [5, 5.41) is 0. The standard InChI is InChI=1S/C35H24N4O2/c1-3-13-24(14-4-1)35-36-33(38-25-15-5-2-6-19-29(25)40-30-20-10-7-16-26(30)38)23-34(37-35)39-27-17-8-11-21-31(27)41-32-22-12-9-18-28(32)39/h1,3-23H,2H2. The Morgan fingerprint density at radius 1 is 0.537 bits per heavy atom. The van der Waals surface area contributed by atoms with Crippen molar-refractivity contribution >= 4 is 28.7 Å². The molecule has 2 aliphatic heterocycles. The van der Waals surface area contributed by atoms with E-state index in [0.717, 1.165) is 69.4 Å². The van der Waals surface area contributed by atoms with Gasteiger partial charge in [-0.3, -0.25) is 9.80 Å². The van der Waals surface area contributed by atoms with Gasteiger partial charge in [-0.1, -0.05) is 78.9 Å². The number of allylic oxidation sites excluding steroid dienone is 4. The van der Waals surface area contributed by atoms with Gasteiger partial charge in [0, 0.05) is 11.6 Å². The van der Waals surface area contributed by atoms with Crippen molar-refractivity contribution in [2.75, 3.05) is 9.80 Å². The van der Waals surface area contributed by atoms with Crippen molar-refractivity contribution in [1.82, 2.24) is 9.97 Å².